The van der Waals surface area contributed by atoms with Crippen LogP contribution >= 0.6 is 0 Å². The van der Waals surface area contributed by atoms with Gasteiger partial charge >= 0.3 is 0 Å². The Kier molecular flexibility index (Phi) is 4.68. The monoisotopic (exact) mass is 285 g/mol. The van der Waals surface area contributed by atoms with E-state index < -0.39 is 0 Å². The topological polar surface area (TPSA) is 41.3 Å². The number of hydrogen-bond acceptors (Lipinski definition) is 4. The Hall–Kier alpha value is -1.65. The van der Waals surface area contributed by atoms with Gasteiger partial charge in [-0.1, -0.05) is 30.3 Å². The molecule has 1 unspecified atom stereocenters. The summed E-state index contributed by atoms with van der Waals surface area (Å²) in [6, 6.07) is 11.3. The maximum atomic E-state index is 5.49. The SMILES string of the molecule is Cc1cnc(CNC2CCN(CCc3ccccc3)C2)o1. The Balaban J connectivity index is 1.39. The van der Waals surface area contributed by atoms with Crippen LogP contribution in [0.4, 0.5) is 0 Å². The summed E-state index contributed by atoms with van der Waals surface area (Å²) in [6.07, 6.45) is 4.11. The van der Waals surface area contributed by atoms with E-state index in [1.54, 1.807) is 6.20 Å². The van der Waals surface area contributed by atoms with Crippen LogP contribution in [0.1, 0.15) is 23.6 Å². The summed E-state index contributed by atoms with van der Waals surface area (Å²) in [6.45, 7) is 6.09. The van der Waals surface area contributed by atoms with Gasteiger partial charge in [0.05, 0.1) is 12.7 Å². The van der Waals surface area contributed by atoms with Crippen molar-refractivity contribution in [1.29, 1.82) is 0 Å². The molecule has 2 aromatic rings. The average molecular weight is 285 g/mol. The molecule has 3 rings (SSSR count). The van der Waals surface area contributed by atoms with E-state index in [2.05, 4.69) is 45.5 Å². The van der Waals surface area contributed by atoms with E-state index in [0.29, 0.717) is 6.04 Å². The van der Waals surface area contributed by atoms with E-state index in [0.717, 1.165) is 37.7 Å². The first-order valence-corrected chi connectivity index (χ1v) is 7.70. The second-order valence-corrected chi connectivity index (χ2v) is 5.77. The third kappa shape index (κ3) is 4.16. The predicted octanol–water partition coefficient (Wildman–Crippen LogP) is 2.39. The molecular weight excluding hydrogens is 262 g/mol. The van der Waals surface area contributed by atoms with E-state index in [9.17, 15) is 0 Å². The van der Waals surface area contributed by atoms with Gasteiger partial charge < -0.3 is 14.6 Å². The first-order chi connectivity index (χ1) is 10.3. The molecule has 112 valence electrons. The predicted molar refractivity (Wildman–Crippen MR) is 83.1 cm³/mol. The molecule has 1 atom stereocenters. The Morgan fingerprint density at radius 1 is 1.33 bits per heavy atom. The van der Waals surface area contributed by atoms with Gasteiger partial charge in [0.2, 0.25) is 5.89 Å². The van der Waals surface area contributed by atoms with Gasteiger partial charge in [-0.3, -0.25) is 0 Å². The molecule has 0 spiro atoms. The summed E-state index contributed by atoms with van der Waals surface area (Å²) in [4.78, 5) is 6.76. The van der Waals surface area contributed by atoms with Crippen molar-refractivity contribution >= 4 is 0 Å². The molecule has 2 heterocycles. The van der Waals surface area contributed by atoms with Crippen molar-refractivity contribution < 1.29 is 4.42 Å². The van der Waals surface area contributed by atoms with Crippen molar-refractivity contribution in [2.75, 3.05) is 19.6 Å². The largest absolute Gasteiger partial charge is 0.445 e. The summed E-state index contributed by atoms with van der Waals surface area (Å²) in [5.74, 6) is 1.66. The molecule has 21 heavy (non-hydrogen) atoms. The van der Waals surface area contributed by atoms with Gasteiger partial charge in [0.1, 0.15) is 5.76 Å². The normalized spacial score (nSPS) is 19.2. The first-order valence-electron chi connectivity index (χ1n) is 7.70. The van der Waals surface area contributed by atoms with Crippen LogP contribution in [0.25, 0.3) is 0 Å². The Labute approximate surface area is 126 Å². The van der Waals surface area contributed by atoms with E-state index in [-0.39, 0.29) is 0 Å². The lowest BCUT2D eigenvalue weighted by Gasteiger charge is -2.16. The molecule has 0 bridgehead atoms. The highest BCUT2D eigenvalue weighted by molar-refractivity contribution is 5.14. The van der Waals surface area contributed by atoms with E-state index in [4.69, 9.17) is 4.42 Å². The number of aryl methyl sites for hydroxylation is 1. The lowest BCUT2D eigenvalue weighted by Crippen LogP contribution is -2.32. The number of rotatable bonds is 6. The number of benzene rings is 1. The fourth-order valence-electron chi connectivity index (χ4n) is 2.85. The smallest absolute Gasteiger partial charge is 0.208 e. The first kappa shape index (κ1) is 14.3. The van der Waals surface area contributed by atoms with Gasteiger partial charge in [0.15, 0.2) is 0 Å². The van der Waals surface area contributed by atoms with Crippen molar-refractivity contribution in [2.45, 2.75) is 32.4 Å². The van der Waals surface area contributed by atoms with Gasteiger partial charge in [-0.15, -0.1) is 0 Å². The summed E-state index contributed by atoms with van der Waals surface area (Å²) >= 11 is 0. The molecule has 1 N–H and O–H groups in total. The summed E-state index contributed by atoms with van der Waals surface area (Å²) in [7, 11) is 0. The number of nitrogens with one attached hydrogen (secondary N) is 1. The Morgan fingerprint density at radius 2 is 2.19 bits per heavy atom. The maximum absolute atomic E-state index is 5.49. The lowest BCUT2D eigenvalue weighted by atomic mass is 10.1. The van der Waals surface area contributed by atoms with E-state index >= 15 is 0 Å². The van der Waals surface area contributed by atoms with Gasteiger partial charge in [-0.2, -0.15) is 0 Å². The molecule has 1 aromatic carbocycles. The summed E-state index contributed by atoms with van der Waals surface area (Å²) in [5, 5.41) is 3.54. The third-order valence-corrected chi connectivity index (χ3v) is 4.04. The van der Waals surface area contributed by atoms with E-state index in [1.165, 1.54) is 18.5 Å². The number of oxazole rings is 1. The molecule has 0 amide bonds. The molecule has 1 saturated heterocycles. The molecule has 1 aromatic heterocycles. The van der Waals surface area contributed by atoms with Crippen LogP contribution in [0.2, 0.25) is 0 Å². The van der Waals surface area contributed by atoms with Gasteiger partial charge in [-0.05, 0) is 31.9 Å². The van der Waals surface area contributed by atoms with Crippen molar-refractivity contribution in [1.82, 2.24) is 15.2 Å². The standard InChI is InChI=1S/C17H23N3O/c1-14-11-19-17(21-14)12-18-16-8-10-20(13-16)9-7-15-5-3-2-4-6-15/h2-6,11,16,18H,7-10,12-13H2,1H3. The molecule has 4 heteroatoms. The van der Waals surface area contributed by atoms with E-state index in [1.807, 2.05) is 6.92 Å². The van der Waals surface area contributed by atoms with Crippen molar-refractivity contribution in [3.63, 3.8) is 0 Å². The van der Waals surface area contributed by atoms with Crippen LogP contribution in [-0.4, -0.2) is 35.6 Å². The maximum Gasteiger partial charge on any atom is 0.208 e. The summed E-state index contributed by atoms with van der Waals surface area (Å²) in [5.41, 5.74) is 1.42. The lowest BCUT2D eigenvalue weighted by molar-refractivity contribution is 0.328. The quantitative estimate of drug-likeness (QED) is 0.885. The highest BCUT2D eigenvalue weighted by atomic mass is 16.4. The summed E-state index contributed by atoms with van der Waals surface area (Å²) < 4.78 is 5.49. The molecule has 4 nitrogen and oxygen atoms in total. The minimum atomic E-state index is 0.549. The Morgan fingerprint density at radius 3 is 2.95 bits per heavy atom. The molecular formula is C17H23N3O. The Bertz CT molecular complexity index is 552. The molecule has 0 saturated carbocycles. The second kappa shape index (κ2) is 6.87. The van der Waals surface area contributed by atoms with Crippen molar-refractivity contribution in [3.05, 3.63) is 53.7 Å². The third-order valence-electron chi connectivity index (χ3n) is 4.04. The minimum absolute atomic E-state index is 0.549. The van der Waals surface area contributed by atoms with Gasteiger partial charge in [0.25, 0.3) is 0 Å². The molecule has 0 radical (unpaired) electrons. The second-order valence-electron chi connectivity index (χ2n) is 5.77. The zero-order valence-electron chi connectivity index (χ0n) is 12.6. The molecule has 1 fully saturated rings. The molecule has 0 aliphatic carbocycles. The molecule has 1 aliphatic rings. The van der Waals surface area contributed by atoms with Crippen LogP contribution in [0.5, 0.6) is 0 Å². The number of likely N-dealkylation sites (tertiary alicyclic amines) is 1. The molecule has 1 aliphatic heterocycles. The fraction of sp³-hybridized carbons (Fsp3) is 0.471. The fourth-order valence-corrected chi connectivity index (χ4v) is 2.85. The number of aromatic nitrogens is 1. The highest BCUT2D eigenvalue weighted by Crippen LogP contribution is 2.11. The number of hydrogen-bond donors (Lipinski definition) is 1. The van der Waals surface area contributed by atoms with Crippen molar-refractivity contribution in [3.8, 4) is 0 Å². The van der Waals surface area contributed by atoms with Crippen LogP contribution in [0.15, 0.2) is 40.9 Å². The van der Waals surface area contributed by atoms with Crippen LogP contribution in [0, 0.1) is 6.92 Å². The zero-order valence-corrected chi connectivity index (χ0v) is 12.6. The van der Waals surface area contributed by atoms with Crippen LogP contribution in [-0.2, 0) is 13.0 Å². The van der Waals surface area contributed by atoms with Gasteiger partial charge in [0, 0.05) is 19.1 Å². The average Bonchev–Trinajstić information content (AvgIpc) is 3.13. The highest BCUT2D eigenvalue weighted by Gasteiger charge is 2.21. The van der Waals surface area contributed by atoms with Crippen LogP contribution in [0.3, 0.4) is 0 Å². The van der Waals surface area contributed by atoms with Crippen LogP contribution < -0.4 is 5.32 Å². The minimum Gasteiger partial charge on any atom is -0.445 e. The van der Waals surface area contributed by atoms with Crippen molar-refractivity contribution in [2.24, 2.45) is 0 Å². The number of nitrogens with zero attached hydrogens (tertiary/aromatic N) is 2. The van der Waals surface area contributed by atoms with Gasteiger partial charge in [-0.25, -0.2) is 4.98 Å². The zero-order chi connectivity index (χ0) is 14.5.